The third-order valence-electron chi connectivity index (χ3n) is 3.54. The van der Waals surface area contributed by atoms with Crippen molar-refractivity contribution < 1.29 is 18.7 Å². The molecule has 5 nitrogen and oxygen atoms in total. The highest BCUT2D eigenvalue weighted by Crippen LogP contribution is 2.20. The summed E-state index contributed by atoms with van der Waals surface area (Å²) in [4.78, 5) is 23.7. The van der Waals surface area contributed by atoms with E-state index in [1.807, 2.05) is 0 Å². The third kappa shape index (κ3) is 4.32. The quantitative estimate of drug-likeness (QED) is 0.857. The van der Waals surface area contributed by atoms with Crippen LogP contribution < -0.4 is 15.4 Å². The van der Waals surface area contributed by atoms with E-state index in [1.165, 1.54) is 12.1 Å². The zero-order chi connectivity index (χ0) is 16.9. The van der Waals surface area contributed by atoms with Crippen LogP contribution in [0.15, 0.2) is 48.5 Å². The molecule has 24 heavy (non-hydrogen) atoms. The van der Waals surface area contributed by atoms with Crippen LogP contribution in [-0.4, -0.2) is 24.5 Å². The van der Waals surface area contributed by atoms with Gasteiger partial charge in [0, 0.05) is 17.3 Å². The first-order chi connectivity index (χ1) is 11.6. The lowest BCUT2D eigenvalue weighted by Gasteiger charge is -2.09. The summed E-state index contributed by atoms with van der Waals surface area (Å²) in [7, 11) is 0. The minimum Gasteiger partial charge on any atom is -0.481 e. The summed E-state index contributed by atoms with van der Waals surface area (Å²) in [5.41, 5.74) is 1.09. The molecular formula is C18H17FN2O3. The zero-order valence-corrected chi connectivity index (χ0v) is 12.9. The highest BCUT2D eigenvalue weighted by Gasteiger charge is 2.23. The van der Waals surface area contributed by atoms with Crippen molar-refractivity contribution in [2.45, 2.75) is 18.9 Å². The van der Waals surface area contributed by atoms with Crippen molar-refractivity contribution in [3.8, 4) is 5.75 Å². The first kappa shape index (κ1) is 16.0. The van der Waals surface area contributed by atoms with Crippen LogP contribution in [0.1, 0.15) is 23.2 Å². The Balaban J connectivity index is 1.50. The fraction of sp³-hybridized carbons (Fsp3) is 0.222. The topological polar surface area (TPSA) is 67.4 Å². The summed E-state index contributed by atoms with van der Waals surface area (Å²) in [5.74, 6) is -1.01. The van der Waals surface area contributed by atoms with Gasteiger partial charge in [-0.1, -0.05) is 12.1 Å². The van der Waals surface area contributed by atoms with Crippen LogP contribution in [0.2, 0.25) is 0 Å². The number of carbonyl (C=O) groups excluding carboxylic acids is 2. The highest BCUT2D eigenvalue weighted by molar-refractivity contribution is 5.96. The Kier molecular flexibility index (Phi) is 4.74. The monoisotopic (exact) mass is 328 g/mol. The number of hydrogen-bond acceptors (Lipinski definition) is 3. The molecule has 2 aromatic rings. The van der Waals surface area contributed by atoms with Crippen LogP contribution in [0.25, 0.3) is 0 Å². The average Bonchev–Trinajstić information content (AvgIpc) is 3.39. The molecule has 0 atom stereocenters. The molecule has 0 aromatic heterocycles. The van der Waals surface area contributed by atoms with Gasteiger partial charge >= 0.3 is 0 Å². The standard InChI is InChI=1S/C18H17FN2O3/c19-15-3-1-2-4-16(15)24-11-17(22)20-13-7-5-12(6-8-13)18(23)21-14-9-10-14/h1-8,14H,9-11H2,(H,20,22)(H,21,23). The van der Waals surface area contributed by atoms with E-state index >= 15 is 0 Å². The van der Waals surface area contributed by atoms with Crippen molar-refractivity contribution in [2.75, 3.05) is 11.9 Å². The maximum atomic E-state index is 13.4. The van der Waals surface area contributed by atoms with Gasteiger partial charge in [-0.15, -0.1) is 0 Å². The van der Waals surface area contributed by atoms with Crippen molar-refractivity contribution in [1.82, 2.24) is 5.32 Å². The molecule has 2 N–H and O–H groups in total. The van der Waals surface area contributed by atoms with Crippen molar-refractivity contribution in [1.29, 1.82) is 0 Å². The molecule has 0 heterocycles. The fourth-order valence-electron chi connectivity index (χ4n) is 2.10. The summed E-state index contributed by atoms with van der Waals surface area (Å²) < 4.78 is 18.5. The molecule has 2 amide bonds. The van der Waals surface area contributed by atoms with Crippen molar-refractivity contribution in [3.63, 3.8) is 0 Å². The van der Waals surface area contributed by atoms with Gasteiger partial charge in [-0.25, -0.2) is 4.39 Å². The summed E-state index contributed by atoms with van der Waals surface area (Å²) in [5, 5.41) is 5.53. The van der Waals surface area contributed by atoms with Gasteiger partial charge in [0.05, 0.1) is 0 Å². The van der Waals surface area contributed by atoms with Crippen LogP contribution in [0.3, 0.4) is 0 Å². The van der Waals surface area contributed by atoms with Gasteiger partial charge in [0.2, 0.25) is 0 Å². The smallest absolute Gasteiger partial charge is 0.262 e. The van der Waals surface area contributed by atoms with Crippen LogP contribution in [-0.2, 0) is 4.79 Å². The number of hydrogen-bond donors (Lipinski definition) is 2. The lowest BCUT2D eigenvalue weighted by atomic mass is 10.2. The van der Waals surface area contributed by atoms with Gasteiger partial charge in [0.15, 0.2) is 18.2 Å². The molecule has 0 radical (unpaired) electrons. The second kappa shape index (κ2) is 7.12. The number of benzene rings is 2. The Hall–Kier alpha value is -2.89. The molecular weight excluding hydrogens is 311 g/mol. The molecule has 2 aromatic carbocycles. The van der Waals surface area contributed by atoms with Gasteiger partial charge in [0.1, 0.15) is 0 Å². The summed E-state index contributed by atoms with van der Waals surface area (Å²) in [6, 6.07) is 12.8. The van der Waals surface area contributed by atoms with E-state index in [4.69, 9.17) is 4.74 Å². The van der Waals surface area contributed by atoms with Gasteiger partial charge in [-0.3, -0.25) is 9.59 Å². The maximum absolute atomic E-state index is 13.4. The van der Waals surface area contributed by atoms with Crippen LogP contribution >= 0.6 is 0 Å². The van der Waals surface area contributed by atoms with Crippen LogP contribution in [0.5, 0.6) is 5.75 Å². The summed E-state index contributed by atoms with van der Waals surface area (Å²) in [6.45, 7) is -0.301. The Morgan fingerprint density at radius 2 is 1.79 bits per heavy atom. The minimum absolute atomic E-state index is 0.0275. The molecule has 6 heteroatoms. The highest BCUT2D eigenvalue weighted by atomic mass is 19.1. The Labute approximate surface area is 138 Å². The molecule has 0 aliphatic heterocycles. The van der Waals surface area contributed by atoms with E-state index in [1.54, 1.807) is 36.4 Å². The lowest BCUT2D eigenvalue weighted by Crippen LogP contribution is -2.25. The second-order valence-corrected chi connectivity index (χ2v) is 5.59. The number of anilines is 1. The molecule has 0 saturated heterocycles. The predicted molar refractivity (Wildman–Crippen MR) is 87.5 cm³/mol. The third-order valence-corrected chi connectivity index (χ3v) is 3.54. The average molecular weight is 328 g/mol. The van der Waals surface area contributed by atoms with Gasteiger partial charge < -0.3 is 15.4 Å². The van der Waals surface area contributed by atoms with Gasteiger partial charge in [-0.05, 0) is 49.2 Å². The number of amides is 2. The largest absolute Gasteiger partial charge is 0.481 e. The van der Waals surface area contributed by atoms with E-state index in [-0.39, 0.29) is 18.3 Å². The van der Waals surface area contributed by atoms with E-state index in [0.717, 1.165) is 12.8 Å². The van der Waals surface area contributed by atoms with E-state index in [9.17, 15) is 14.0 Å². The van der Waals surface area contributed by atoms with E-state index in [0.29, 0.717) is 17.3 Å². The van der Waals surface area contributed by atoms with E-state index in [2.05, 4.69) is 10.6 Å². The first-order valence-electron chi connectivity index (χ1n) is 7.70. The number of nitrogens with one attached hydrogen (secondary N) is 2. The van der Waals surface area contributed by atoms with Crippen molar-refractivity contribution in [3.05, 3.63) is 59.9 Å². The Morgan fingerprint density at radius 3 is 2.46 bits per heavy atom. The summed E-state index contributed by atoms with van der Waals surface area (Å²) in [6.07, 6.45) is 2.06. The van der Waals surface area contributed by atoms with Gasteiger partial charge in [-0.2, -0.15) is 0 Å². The molecule has 1 fully saturated rings. The molecule has 124 valence electrons. The van der Waals surface area contributed by atoms with Crippen LogP contribution in [0.4, 0.5) is 10.1 Å². The molecule has 0 bridgehead atoms. The lowest BCUT2D eigenvalue weighted by molar-refractivity contribution is -0.118. The van der Waals surface area contributed by atoms with Gasteiger partial charge in [0.25, 0.3) is 11.8 Å². The van der Waals surface area contributed by atoms with Crippen molar-refractivity contribution in [2.24, 2.45) is 0 Å². The SMILES string of the molecule is O=C(COc1ccccc1F)Nc1ccc(C(=O)NC2CC2)cc1. The molecule has 1 aliphatic carbocycles. The van der Waals surface area contributed by atoms with Crippen molar-refractivity contribution >= 4 is 17.5 Å². The first-order valence-corrected chi connectivity index (χ1v) is 7.70. The molecule has 3 rings (SSSR count). The van der Waals surface area contributed by atoms with E-state index < -0.39 is 11.7 Å². The number of carbonyl (C=O) groups is 2. The number of rotatable bonds is 6. The second-order valence-electron chi connectivity index (χ2n) is 5.59. The Bertz CT molecular complexity index is 742. The molecule has 0 unspecified atom stereocenters. The Morgan fingerprint density at radius 1 is 1.08 bits per heavy atom. The van der Waals surface area contributed by atoms with Crippen LogP contribution in [0, 0.1) is 5.82 Å². The number of ether oxygens (including phenoxy) is 1. The summed E-state index contributed by atoms with van der Waals surface area (Å²) >= 11 is 0. The number of para-hydroxylation sites is 1. The maximum Gasteiger partial charge on any atom is 0.262 e. The number of halogens is 1. The fourth-order valence-corrected chi connectivity index (χ4v) is 2.10. The molecule has 1 aliphatic rings. The minimum atomic E-state index is -0.517. The normalized spacial score (nSPS) is 13.2. The zero-order valence-electron chi connectivity index (χ0n) is 12.9. The predicted octanol–water partition coefficient (Wildman–Crippen LogP) is 2.74. The molecule has 1 saturated carbocycles. The molecule has 0 spiro atoms.